The van der Waals surface area contributed by atoms with E-state index in [-0.39, 0.29) is 5.91 Å². The van der Waals surface area contributed by atoms with Crippen LogP contribution in [0.25, 0.3) is 0 Å². The van der Waals surface area contributed by atoms with Crippen molar-refractivity contribution in [2.24, 2.45) is 5.10 Å². The zero-order valence-electron chi connectivity index (χ0n) is 16.4. The normalized spacial score (nSPS) is 15.6. The highest BCUT2D eigenvalue weighted by atomic mass is 16.5. The molecule has 1 aliphatic heterocycles. The molecule has 6 nitrogen and oxygen atoms in total. The molecule has 28 heavy (non-hydrogen) atoms. The predicted octanol–water partition coefficient (Wildman–Crippen LogP) is 2.35. The van der Waals surface area contributed by atoms with E-state index in [9.17, 15) is 4.79 Å². The molecule has 1 N–H and O–H groups in total. The van der Waals surface area contributed by atoms with Gasteiger partial charge in [0.15, 0.2) is 0 Å². The van der Waals surface area contributed by atoms with Gasteiger partial charge in [-0.3, -0.25) is 14.6 Å². The Morgan fingerprint density at radius 1 is 1.04 bits per heavy atom. The summed E-state index contributed by atoms with van der Waals surface area (Å²) in [6, 6.07) is 18.1. The molecular weight excluding hydrogens is 352 g/mol. The molecule has 0 atom stereocenters. The van der Waals surface area contributed by atoms with Crippen LogP contribution in [-0.4, -0.2) is 61.3 Å². The summed E-state index contributed by atoms with van der Waals surface area (Å²) in [6.07, 6.45) is 1.63. The summed E-state index contributed by atoms with van der Waals surface area (Å²) in [5.41, 5.74) is 4.79. The van der Waals surface area contributed by atoms with Crippen molar-refractivity contribution in [2.45, 2.75) is 13.5 Å². The molecule has 1 amide bonds. The van der Waals surface area contributed by atoms with Gasteiger partial charge >= 0.3 is 0 Å². The molecule has 0 unspecified atom stereocenters. The van der Waals surface area contributed by atoms with Gasteiger partial charge in [-0.25, -0.2) is 5.43 Å². The molecule has 1 aliphatic rings. The van der Waals surface area contributed by atoms with Crippen LogP contribution in [0.1, 0.15) is 18.1 Å². The van der Waals surface area contributed by atoms with Crippen molar-refractivity contribution in [2.75, 3.05) is 39.3 Å². The van der Waals surface area contributed by atoms with Crippen molar-refractivity contribution in [3.05, 3.63) is 65.7 Å². The van der Waals surface area contributed by atoms with E-state index in [4.69, 9.17) is 4.74 Å². The van der Waals surface area contributed by atoms with Gasteiger partial charge in [0, 0.05) is 38.3 Å². The molecule has 0 aliphatic carbocycles. The van der Waals surface area contributed by atoms with Crippen molar-refractivity contribution in [1.29, 1.82) is 0 Å². The first-order valence-corrected chi connectivity index (χ1v) is 9.77. The Hall–Kier alpha value is -2.70. The molecule has 0 radical (unpaired) electrons. The Labute approximate surface area is 166 Å². The molecule has 6 heteroatoms. The van der Waals surface area contributed by atoms with E-state index in [1.807, 2.05) is 37.3 Å². The van der Waals surface area contributed by atoms with Gasteiger partial charge in [0.2, 0.25) is 0 Å². The van der Waals surface area contributed by atoms with Crippen LogP contribution in [0.2, 0.25) is 0 Å². The Kier molecular flexibility index (Phi) is 7.58. The highest BCUT2D eigenvalue weighted by Crippen LogP contribution is 2.15. The van der Waals surface area contributed by atoms with E-state index in [0.29, 0.717) is 13.2 Å². The van der Waals surface area contributed by atoms with Gasteiger partial charge in [0.25, 0.3) is 5.91 Å². The number of carbonyl (C=O) groups excluding carboxylic acids is 1. The second kappa shape index (κ2) is 10.6. The molecule has 148 valence electrons. The first kappa shape index (κ1) is 20.0. The maximum atomic E-state index is 12.2. The number of nitrogens with one attached hydrogen (secondary N) is 1. The molecule has 1 heterocycles. The number of rotatable bonds is 8. The van der Waals surface area contributed by atoms with E-state index in [1.165, 1.54) is 5.56 Å². The number of hydrogen-bond donors (Lipinski definition) is 1. The highest BCUT2D eigenvalue weighted by Gasteiger charge is 2.18. The number of amides is 1. The van der Waals surface area contributed by atoms with Crippen LogP contribution in [0.4, 0.5) is 0 Å². The lowest BCUT2D eigenvalue weighted by Gasteiger charge is -2.34. The summed E-state index contributed by atoms with van der Waals surface area (Å²) in [7, 11) is 0. The molecule has 0 saturated carbocycles. The average molecular weight is 380 g/mol. The summed E-state index contributed by atoms with van der Waals surface area (Å²) in [5, 5.41) is 4.08. The quantitative estimate of drug-likeness (QED) is 0.564. The van der Waals surface area contributed by atoms with Crippen LogP contribution in [0, 0.1) is 0 Å². The minimum atomic E-state index is -0.0957. The van der Waals surface area contributed by atoms with Crippen LogP contribution in [0.15, 0.2) is 59.7 Å². The smallest absolute Gasteiger partial charge is 0.254 e. The van der Waals surface area contributed by atoms with Gasteiger partial charge in [-0.15, -0.1) is 0 Å². The third-order valence-electron chi connectivity index (χ3n) is 4.69. The predicted molar refractivity (Wildman–Crippen MR) is 112 cm³/mol. The zero-order chi connectivity index (χ0) is 19.6. The van der Waals surface area contributed by atoms with Gasteiger partial charge in [0.1, 0.15) is 5.75 Å². The summed E-state index contributed by atoms with van der Waals surface area (Å²) < 4.78 is 5.55. The molecule has 0 bridgehead atoms. The number of para-hydroxylation sites is 1. The lowest BCUT2D eigenvalue weighted by Crippen LogP contribution is -2.48. The van der Waals surface area contributed by atoms with Crippen molar-refractivity contribution < 1.29 is 9.53 Å². The highest BCUT2D eigenvalue weighted by molar-refractivity contribution is 5.85. The third kappa shape index (κ3) is 6.18. The van der Waals surface area contributed by atoms with E-state index in [2.05, 4.69) is 44.6 Å². The van der Waals surface area contributed by atoms with Gasteiger partial charge in [-0.1, -0.05) is 42.5 Å². The fraction of sp³-hybridized carbons (Fsp3) is 0.364. The van der Waals surface area contributed by atoms with Crippen molar-refractivity contribution in [3.63, 3.8) is 0 Å². The number of carbonyl (C=O) groups is 1. The number of hydrogen-bond acceptors (Lipinski definition) is 5. The topological polar surface area (TPSA) is 57.2 Å². The van der Waals surface area contributed by atoms with Gasteiger partial charge < -0.3 is 4.74 Å². The summed E-state index contributed by atoms with van der Waals surface area (Å²) in [4.78, 5) is 16.8. The first-order valence-electron chi connectivity index (χ1n) is 9.77. The minimum absolute atomic E-state index is 0.0957. The van der Waals surface area contributed by atoms with E-state index >= 15 is 0 Å². The molecule has 1 fully saturated rings. The SMILES string of the molecule is CCOc1ccccc1C=NNC(=O)CN1CCN(Cc2ccccc2)CC1. The fourth-order valence-electron chi connectivity index (χ4n) is 3.23. The van der Waals surface area contributed by atoms with Crippen molar-refractivity contribution in [3.8, 4) is 5.75 Å². The van der Waals surface area contributed by atoms with E-state index < -0.39 is 0 Å². The molecule has 3 rings (SSSR count). The largest absolute Gasteiger partial charge is 0.493 e. The molecule has 2 aromatic carbocycles. The van der Waals surface area contributed by atoms with Crippen LogP contribution in [0.3, 0.4) is 0 Å². The van der Waals surface area contributed by atoms with Crippen LogP contribution in [0.5, 0.6) is 5.75 Å². The van der Waals surface area contributed by atoms with Gasteiger partial charge in [0.05, 0.1) is 19.4 Å². The van der Waals surface area contributed by atoms with Crippen molar-refractivity contribution in [1.82, 2.24) is 15.2 Å². The Bertz CT molecular complexity index is 771. The average Bonchev–Trinajstić information content (AvgIpc) is 2.72. The molecular formula is C22H28N4O2. The van der Waals surface area contributed by atoms with Crippen molar-refractivity contribution >= 4 is 12.1 Å². The lowest BCUT2D eigenvalue weighted by molar-refractivity contribution is -0.122. The number of piperazine rings is 1. The Balaban J connectivity index is 1.40. The zero-order valence-corrected chi connectivity index (χ0v) is 16.4. The summed E-state index contributed by atoms with van der Waals surface area (Å²) >= 11 is 0. The molecule has 1 saturated heterocycles. The standard InChI is InChI=1S/C22H28N4O2/c1-2-28-21-11-7-6-10-20(21)16-23-24-22(27)18-26-14-12-25(13-15-26)17-19-8-4-3-5-9-19/h3-11,16H,2,12-15,17-18H2,1H3,(H,24,27). The maximum absolute atomic E-state index is 12.2. The maximum Gasteiger partial charge on any atom is 0.254 e. The van der Waals surface area contributed by atoms with Gasteiger partial charge in [-0.2, -0.15) is 5.10 Å². The first-order chi connectivity index (χ1) is 13.7. The van der Waals surface area contributed by atoms with Crippen LogP contribution >= 0.6 is 0 Å². The monoisotopic (exact) mass is 380 g/mol. The van der Waals surface area contributed by atoms with Crippen LogP contribution in [-0.2, 0) is 11.3 Å². The fourth-order valence-corrected chi connectivity index (χ4v) is 3.23. The number of nitrogens with zero attached hydrogens (tertiary/aromatic N) is 3. The molecule has 2 aromatic rings. The number of hydrazone groups is 1. The molecule has 0 aromatic heterocycles. The third-order valence-corrected chi connectivity index (χ3v) is 4.69. The summed E-state index contributed by atoms with van der Waals surface area (Å²) in [6.45, 7) is 7.56. The summed E-state index contributed by atoms with van der Waals surface area (Å²) in [5.74, 6) is 0.666. The Morgan fingerprint density at radius 3 is 2.46 bits per heavy atom. The van der Waals surface area contributed by atoms with Gasteiger partial charge in [-0.05, 0) is 24.6 Å². The van der Waals surface area contributed by atoms with E-state index in [0.717, 1.165) is 44.0 Å². The van der Waals surface area contributed by atoms with E-state index in [1.54, 1.807) is 6.21 Å². The second-order valence-corrected chi connectivity index (χ2v) is 6.80. The number of ether oxygens (including phenoxy) is 1. The number of benzene rings is 2. The van der Waals surface area contributed by atoms with Crippen LogP contribution < -0.4 is 10.2 Å². The Morgan fingerprint density at radius 2 is 1.71 bits per heavy atom. The second-order valence-electron chi connectivity index (χ2n) is 6.80. The molecule has 0 spiro atoms. The lowest BCUT2D eigenvalue weighted by atomic mass is 10.2. The minimum Gasteiger partial charge on any atom is -0.493 e.